The molecule has 4 amide bonds. The van der Waals surface area contributed by atoms with E-state index in [9.17, 15) is 18.8 Å². The monoisotopic (exact) mass is 408 g/mol. The number of carbonyl (C=O) groups excluding carboxylic acids is 3. The number of barbiturate groups is 1. The molecule has 2 atom stereocenters. The maximum absolute atomic E-state index is 13.9. The van der Waals surface area contributed by atoms with Gasteiger partial charge in [0.05, 0.1) is 11.7 Å². The molecule has 3 heterocycles. The number of benzene rings is 2. The summed E-state index contributed by atoms with van der Waals surface area (Å²) in [5.74, 6) is -1.61. The van der Waals surface area contributed by atoms with E-state index in [2.05, 4.69) is 15.1 Å². The fourth-order valence-electron chi connectivity index (χ4n) is 4.92. The first-order valence-electron chi connectivity index (χ1n) is 9.90. The summed E-state index contributed by atoms with van der Waals surface area (Å²) in [6.07, 6.45) is 0.202. The van der Waals surface area contributed by atoms with Crippen LogP contribution < -0.4 is 15.1 Å². The van der Waals surface area contributed by atoms with Crippen molar-refractivity contribution in [2.24, 2.45) is 5.41 Å². The lowest BCUT2D eigenvalue weighted by atomic mass is 9.67. The summed E-state index contributed by atoms with van der Waals surface area (Å²) in [5.41, 5.74) is 0.702. The molecule has 0 radical (unpaired) electrons. The van der Waals surface area contributed by atoms with E-state index in [1.54, 1.807) is 0 Å². The number of imide groups is 2. The molecule has 2 aromatic carbocycles. The normalized spacial score (nSPS) is 26.5. The average molecular weight is 408 g/mol. The number of anilines is 2. The topological polar surface area (TPSA) is 73.0 Å². The summed E-state index contributed by atoms with van der Waals surface area (Å²) in [5, 5.41) is 2.40. The molecule has 0 saturated carbocycles. The molecule has 2 aromatic rings. The smallest absolute Gasteiger partial charge is 0.335 e. The maximum atomic E-state index is 13.9. The standard InChI is InChI=1S/C22H21FN4O3/c1-25-10-11-26-17-5-3-2-4-14(17)12-22(18(26)13-25)19(28)24-21(30)27(20(22)29)16-8-6-15(23)7-9-16/h2-9,18H,10-13H2,1H3,(H,24,28,30). The van der Waals surface area contributed by atoms with Gasteiger partial charge in [-0.2, -0.15) is 0 Å². The summed E-state index contributed by atoms with van der Waals surface area (Å²) in [6.45, 7) is 1.99. The Hall–Kier alpha value is -3.26. The lowest BCUT2D eigenvalue weighted by Gasteiger charge is -2.55. The molecule has 8 heteroatoms. The van der Waals surface area contributed by atoms with Gasteiger partial charge in [0.25, 0.3) is 5.91 Å². The molecule has 0 aromatic heterocycles. The molecule has 0 aliphatic carbocycles. The number of amides is 4. The van der Waals surface area contributed by atoms with Crippen LogP contribution in [0.25, 0.3) is 0 Å². The number of hydrogen-bond acceptors (Lipinski definition) is 5. The van der Waals surface area contributed by atoms with Gasteiger partial charge in [0.2, 0.25) is 5.91 Å². The number of carbonyl (C=O) groups is 3. The van der Waals surface area contributed by atoms with Gasteiger partial charge in [0, 0.05) is 25.3 Å². The maximum Gasteiger partial charge on any atom is 0.335 e. The molecule has 2 fully saturated rings. The highest BCUT2D eigenvalue weighted by atomic mass is 19.1. The minimum absolute atomic E-state index is 0.202. The van der Waals surface area contributed by atoms with Gasteiger partial charge in [-0.3, -0.25) is 14.9 Å². The summed E-state index contributed by atoms with van der Waals surface area (Å²) in [4.78, 5) is 45.0. The van der Waals surface area contributed by atoms with Crippen LogP contribution in [0.2, 0.25) is 0 Å². The minimum atomic E-state index is -1.45. The molecule has 7 nitrogen and oxygen atoms in total. The van der Waals surface area contributed by atoms with Gasteiger partial charge in [0.1, 0.15) is 5.82 Å². The Kier molecular flexibility index (Phi) is 4.14. The Labute approximate surface area is 173 Å². The van der Waals surface area contributed by atoms with Crippen molar-refractivity contribution >= 4 is 29.2 Å². The van der Waals surface area contributed by atoms with Crippen LogP contribution in [-0.4, -0.2) is 55.5 Å². The van der Waals surface area contributed by atoms with Crippen LogP contribution in [0.4, 0.5) is 20.6 Å². The predicted molar refractivity (Wildman–Crippen MR) is 109 cm³/mol. The number of likely N-dealkylation sites (N-methyl/N-ethyl adjacent to an activating group) is 1. The zero-order valence-electron chi connectivity index (χ0n) is 16.5. The van der Waals surface area contributed by atoms with E-state index >= 15 is 0 Å². The molecule has 2 saturated heterocycles. The molecule has 30 heavy (non-hydrogen) atoms. The highest BCUT2D eigenvalue weighted by Gasteiger charge is 2.62. The summed E-state index contributed by atoms with van der Waals surface area (Å²) < 4.78 is 13.4. The number of para-hydroxylation sites is 1. The van der Waals surface area contributed by atoms with E-state index in [-0.39, 0.29) is 12.1 Å². The molecule has 1 N–H and O–H groups in total. The minimum Gasteiger partial charge on any atom is -0.364 e. The van der Waals surface area contributed by atoms with E-state index in [0.29, 0.717) is 13.1 Å². The van der Waals surface area contributed by atoms with Crippen LogP contribution in [0.15, 0.2) is 48.5 Å². The Morgan fingerprint density at radius 1 is 1.03 bits per heavy atom. The Balaban J connectivity index is 1.66. The second-order valence-corrected chi connectivity index (χ2v) is 8.12. The van der Waals surface area contributed by atoms with Crippen molar-refractivity contribution in [2.45, 2.75) is 12.5 Å². The first-order valence-corrected chi connectivity index (χ1v) is 9.90. The Morgan fingerprint density at radius 2 is 1.77 bits per heavy atom. The summed E-state index contributed by atoms with van der Waals surface area (Å²) >= 11 is 0. The largest absolute Gasteiger partial charge is 0.364 e. The number of fused-ring (bicyclic) bond motifs is 4. The van der Waals surface area contributed by atoms with Crippen LogP contribution in [0.1, 0.15) is 5.56 Å². The second-order valence-electron chi connectivity index (χ2n) is 8.12. The van der Waals surface area contributed by atoms with E-state index in [0.717, 1.165) is 22.7 Å². The van der Waals surface area contributed by atoms with Crippen molar-refractivity contribution in [1.82, 2.24) is 10.2 Å². The van der Waals surface area contributed by atoms with Crippen LogP contribution in [-0.2, 0) is 16.0 Å². The number of nitrogens with one attached hydrogen (secondary N) is 1. The van der Waals surface area contributed by atoms with Crippen molar-refractivity contribution in [3.8, 4) is 0 Å². The van der Waals surface area contributed by atoms with Crippen LogP contribution in [0.3, 0.4) is 0 Å². The Morgan fingerprint density at radius 3 is 2.53 bits per heavy atom. The third-order valence-electron chi connectivity index (χ3n) is 6.42. The molecular formula is C22H21FN4O3. The zero-order valence-corrected chi connectivity index (χ0v) is 16.5. The Bertz CT molecular complexity index is 1060. The lowest BCUT2D eigenvalue weighted by Crippen LogP contribution is -2.75. The molecule has 154 valence electrons. The first kappa shape index (κ1) is 18.7. The van der Waals surface area contributed by atoms with Gasteiger partial charge in [-0.25, -0.2) is 14.1 Å². The quantitative estimate of drug-likeness (QED) is 0.729. The van der Waals surface area contributed by atoms with Crippen LogP contribution >= 0.6 is 0 Å². The first-order chi connectivity index (χ1) is 14.4. The van der Waals surface area contributed by atoms with Gasteiger partial charge in [-0.15, -0.1) is 0 Å². The number of urea groups is 1. The average Bonchev–Trinajstić information content (AvgIpc) is 2.73. The van der Waals surface area contributed by atoms with Gasteiger partial charge >= 0.3 is 6.03 Å². The number of piperazine rings is 1. The number of rotatable bonds is 1. The second kappa shape index (κ2) is 6.63. The van der Waals surface area contributed by atoms with Crippen LogP contribution in [0, 0.1) is 11.2 Å². The fraction of sp³-hybridized carbons (Fsp3) is 0.318. The van der Waals surface area contributed by atoms with Gasteiger partial charge in [-0.1, -0.05) is 18.2 Å². The molecule has 3 aliphatic heterocycles. The molecule has 1 spiro atoms. The highest BCUT2D eigenvalue weighted by molar-refractivity contribution is 6.30. The third-order valence-corrected chi connectivity index (χ3v) is 6.42. The lowest BCUT2D eigenvalue weighted by molar-refractivity contribution is -0.145. The van der Waals surface area contributed by atoms with Gasteiger partial charge < -0.3 is 9.80 Å². The molecule has 0 bridgehead atoms. The van der Waals surface area contributed by atoms with Crippen molar-refractivity contribution in [1.29, 1.82) is 0 Å². The van der Waals surface area contributed by atoms with E-state index in [1.165, 1.54) is 24.3 Å². The summed E-state index contributed by atoms with van der Waals surface area (Å²) in [7, 11) is 1.96. The number of hydrogen-bond donors (Lipinski definition) is 1. The zero-order chi connectivity index (χ0) is 21.0. The van der Waals surface area contributed by atoms with Crippen molar-refractivity contribution in [3.05, 3.63) is 59.9 Å². The number of nitrogens with zero attached hydrogens (tertiary/aromatic N) is 3. The molecule has 2 unspecified atom stereocenters. The van der Waals surface area contributed by atoms with Gasteiger partial charge in [0.15, 0.2) is 5.41 Å². The highest BCUT2D eigenvalue weighted by Crippen LogP contribution is 2.46. The van der Waals surface area contributed by atoms with E-state index < -0.39 is 35.1 Å². The van der Waals surface area contributed by atoms with Crippen LogP contribution in [0.5, 0.6) is 0 Å². The predicted octanol–water partition coefficient (Wildman–Crippen LogP) is 1.77. The molecule has 5 rings (SSSR count). The van der Waals surface area contributed by atoms with Crippen molar-refractivity contribution < 1.29 is 18.8 Å². The van der Waals surface area contributed by atoms with Crippen molar-refractivity contribution in [2.75, 3.05) is 36.5 Å². The van der Waals surface area contributed by atoms with Crippen molar-refractivity contribution in [3.63, 3.8) is 0 Å². The molecule has 3 aliphatic rings. The number of halogens is 1. The van der Waals surface area contributed by atoms with E-state index in [1.807, 2.05) is 31.3 Å². The fourth-order valence-corrected chi connectivity index (χ4v) is 4.92. The summed E-state index contributed by atoms with van der Waals surface area (Å²) in [6, 6.07) is 11.7. The van der Waals surface area contributed by atoms with E-state index in [4.69, 9.17) is 0 Å². The van der Waals surface area contributed by atoms with Gasteiger partial charge in [-0.05, 0) is 49.4 Å². The third kappa shape index (κ3) is 2.56. The molecular weight excluding hydrogens is 387 g/mol. The SMILES string of the molecule is CN1CCN2c3ccccc3CC3(C(=O)NC(=O)N(c4ccc(F)cc4)C3=O)C2C1.